The standard InChI is InChI=1S/C5H11N3O2/c6-4(9)3-8-2-1-7-5(8)10/h4,9H,1-3,6H2,(H,7,10). The first-order valence-electron chi connectivity index (χ1n) is 3.16. The first-order chi connectivity index (χ1) is 4.70. The Morgan fingerprint density at radius 3 is 3.00 bits per heavy atom. The van der Waals surface area contributed by atoms with Gasteiger partial charge in [-0.25, -0.2) is 4.79 Å². The van der Waals surface area contributed by atoms with Gasteiger partial charge in [0.05, 0.1) is 6.54 Å². The van der Waals surface area contributed by atoms with Gasteiger partial charge in [-0.15, -0.1) is 0 Å². The number of carbonyl (C=O) groups is 1. The summed E-state index contributed by atoms with van der Waals surface area (Å²) < 4.78 is 0. The summed E-state index contributed by atoms with van der Waals surface area (Å²) in [4.78, 5) is 12.2. The molecule has 1 aliphatic rings. The highest BCUT2D eigenvalue weighted by atomic mass is 16.3. The van der Waals surface area contributed by atoms with Crippen molar-refractivity contribution in [2.75, 3.05) is 19.6 Å². The van der Waals surface area contributed by atoms with Crippen LogP contribution in [0.2, 0.25) is 0 Å². The molecular formula is C5H11N3O2. The maximum absolute atomic E-state index is 10.8. The third-order valence-electron chi connectivity index (χ3n) is 1.35. The summed E-state index contributed by atoms with van der Waals surface area (Å²) in [5.74, 6) is 0. The average Bonchev–Trinajstić information content (AvgIpc) is 2.15. The van der Waals surface area contributed by atoms with Gasteiger partial charge in [0.1, 0.15) is 6.23 Å². The number of urea groups is 1. The van der Waals surface area contributed by atoms with E-state index in [4.69, 9.17) is 10.8 Å². The first-order valence-corrected chi connectivity index (χ1v) is 3.16. The van der Waals surface area contributed by atoms with Gasteiger partial charge in [0.25, 0.3) is 0 Å². The van der Waals surface area contributed by atoms with E-state index < -0.39 is 6.23 Å². The summed E-state index contributed by atoms with van der Waals surface area (Å²) in [6.45, 7) is 1.49. The Morgan fingerprint density at radius 2 is 2.60 bits per heavy atom. The Kier molecular flexibility index (Phi) is 2.08. The molecule has 0 spiro atoms. The van der Waals surface area contributed by atoms with Crippen LogP contribution >= 0.6 is 0 Å². The minimum absolute atomic E-state index is 0.149. The number of aliphatic hydroxyl groups excluding tert-OH is 1. The second-order valence-electron chi connectivity index (χ2n) is 2.25. The van der Waals surface area contributed by atoms with Crippen LogP contribution in [-0.4, -0.2) is 41.9 Å². The van der Waals surface area contributed by atoms with Crippen LogP contribution in [0.15, 0.2) is 0 Å². The summed E-state index contributed by atoms with van der Waals surface area (Å²) >= 11 is 0. The van der Waals surface area contributed by atoms with Gasteiger partial charge < -0.3 is 21.1 Å². The molecule has 2 amide bonds. The van der Waals surface area contributed by atoms with E-state index in [1.165, 1.54) is 4.90 Å². The van der Waals surface area contributed by atoms with Crippen molar-refractivity contribution in [3.05, 3.63) is 0 Å². The number of carbonyl (C=O) groups excluding carboxylic acids is 1. The van der Waals surface area contributed by atoms with Crippen LogP contribution in [0, 0.1) is 0 Å². The molecule has 0 aromatic carbocycles. The predicted octanol–water partition coefficient (Wildman–Crippen LogP) is -1.71. The highest BCUT2D eigenvalue weighted by Gasteiger charge is 2.20. The Hall–Kier alpha value is -0.810. The number of amides is 2. The van der Waals surface area contributed by atoms with Gasteiger partial charge in [0.15, 0.2) is 0 Å². The van der Waals surface area contributed by atoms with E-state index in [0.29, 0.717) is 13.1 Å². The number of aliphatic hydroxyl groups is 1. The van der Waals surface area contributed by atoms with Crippen molar-refractivity contribution in [2.45, 2.75) is 6.23 Å². The first kappa shape index (κ1) is 7.30. The summed E-state index contributed by atoms with van der Waals surface area (Å²) in [6, 6.07) is -0.149. The average molecular weight is 145 g/mol. The molecule has 1 rings (SSSR count). The lowest BCUT2D eigenvalue weighted by Crippen LogP contribution is -2.39. The van der Waals surface area contributed by atoms with Gasteiger partial charge >= 0.3 is 6.03 Å². The maximum atomic E-state index is 10.8. The highest BCUT2D eigenvalue weighted by Crippen LogP contribution is 1.95. The van der Waals surface area contributed by atoms with Crippen LogP contribution in [-0.2, 0) is 0 Å². The fourth-order valence-corrected chi connectivity index (χ4v) is 0.911. The Bertz CT molecular complexity index is 137. The molecule has 1 aliphatic heterocycles. The van der Waals surface area contributed by atoms with Crippen molar-refractivity contribution in [1.82, 2.24) is 10.2 Å². The molecule has 1 heterocycles. The van der Waals surface area contributed by atoms with E-state index in [1.807, 2.05) is 0 Å². The third-order valence-corrected chi connectivity index (χ3v) is 1.35. The number of nitrogens with two attached hydrogens (primary N) is 1. The molecule has 5 nitrogen and oxygen atoms in total. The third kappa shape index (κ3) is 1.58. The topological polar surface area (TPSA) is 78.6 Å². The van der Waals surface area contributed by atoms with Crippen LogP contribution in [0.4, 0.5) is 4.79 Å². The number of nitrogens with one attached hydrogen (secondary N) is 1. The molecule has 10 heavy (non-hydrogen) atoms. The van der Waals surface area contributed by atoms with Crippen LogP contribution in [0.5, 0.6) is 0 Å². The van der Waals surface area contributed by atoms with E-state index in [0.717, 1.165) is 0 Å². The summed E-state index contributed by atoms with van der Waals surface area (Å²) in [7, 11) is 0. The van der Waals surface area contributed by atoms with Crippen molar-refractivity contribution in [1.29, 1.82) is 0 Å². The molecule has 0 aromatic rings. The van der Waals surface area contributed by atoms with E-state index in [1.54, 1.807) is 0 Å². The van der Waals surface area contributed by atoms with E-state index in [9.17, 15) is 4.79 Å². The van der Waals surface area contributed by atoms with Crippen molar-refractivity contribution in [3.8, 4) is 0 Å². The quantitative estimate of drug-likeness (QED) is 0.405. The van der Waals surface area contributed by atoms with Crippen LogP contribution in [0.3, 0.4) is 0 Å². The van der Waals surface area contributed by atoms with Crippen molar-refractivity contribution < 1.29 is 9.90 Å². The monoisotopic (exact) mass is 145 g/mol. The summed E-state index contributed by atoms with van der Waals surface area (Å²) in [5, 5.41) is 11.3. The Morgan fingerprint density at radius 1 is 1.90 bits per heavy atom. The normalized spacial score (nSPS) is 21.0. The lowest BCUT2D eigenvalue weighted by Gasteiger charge is -2.14. The Balaban J connectivity index is 2.33. The molecule has 4 N–H and O–H groups in total. The van der Waals surface area contributed by atoms with Crippen molar-refractivity contribution in [3.63, 3.8) is 0 Å². The molecular weight excluding hydrogens is 134 g/mol. The molecule has 58 valence electrons. The number of hydrogen-bond acceptors (Lipinski definition) is 3. The zero-order valence-electron chi connectivity index (χ0n) is 5.58. The van der Waals surface area contributed by atoms with E-state index in [2.05, 4.69) is 5.32 Å². The SMILES string of the molecule is NC(O)CN1CCNC1=O. The van der Waals surface area contributed by atoms with Crippen LogP contribution < -0.4 is 11.1 Å². The largest absolute Gasteiger partial charge is 0.377 e. The van der Waals surface area contributed by atoms with Gasteiger partial charge in [0.2, 0.25) is 0 Å². The second-order valence-corrected chi connectivity index (χ2v) is 2.25. The fourth-order valence-electron chi connectivity index (χ4n) is 0.911. The number of rotatable bonds is 2. The van der Waals surface area contributed by atoms with Crippen molar-refractivity contribution in [2.24, 2.45) is 5.73 Å². The smallest absolute Gasteiger partial charge is 0.317 e. The number of nitrogens with zero attached hydrogens (tertiary/aromatic N) is 1. The zero-order valence-corrected chi connectivity index (χ0v) is 5.58. The molecule has 0 bridgehead atoms. The predicted molar refractivity (Wildman–Crippen MR) is 35.2 cm³/mol. The lowest BCUT2D eigenvalue weighted by molar-refractivity contribution is 0.136. The van der Waals surface area contributed by atoms with E-state index >= 15 is 0 Å². The Labute approximate surface area is 58.8 Å². The van der Waals surface area contributed by atoms with E-state index in [-0.39, 0.29) is 12.6 Å². The van der Waals surface area contributed by atoms with Crippen molar-refractivity contribution >= 4 is 6.03 Å². The van der Waals surface area contributed by atoms with Gasteiger partial charge in [-0.05, 0) is 0 Å². The highest BCUT2D eigenvalue weighted by molar-refractivity contribution is 5.76. The zero-order chi connectivity index (χ0) is 7.56. The molecule has 0 radical (unpaired) electrons. The van der Waals surface area contributed by atoms with Gasteiger partial charge in [0, 0.05) is 13.1 Å². The molecule has 1 unspecified atom stereocenters. The van der Waals surface area contributed by atoms with Gasteiger partial charge in [-0.1, -0.05) is 0 Å². The van der Waals surface area contributed by atoms with Crippen LogP contribution in [0.1, 0.15) is 0 Å². The molecule has 1 saturated heterocycles. The minimum atomic E-state index is -0.927. The molecule has 1 atom stereocenters. The second kappa shape index (κ2) is 2.85. The molecule has 0 saturated carbocycles. The van der Waals surface area contributed by atoms with Crippen LogP contribution in [0.25, 0.3) is 0 Å². The minimum Gasteiger partial charge on any atom is -0.377 e. The molecule has 0 aromatic heterocycles. The number of β-amino-alcohol motifs (C(OH)–C–C–N with tert-alkyl or cyclic N) is 1. The summed E-state index contributed by atoms with van der Waals surface area (Å²) in [6.07, 6.45) is -0.927. The number of hydrogen-bond donors (Lipinski definition) is 3. The van der Waals surface area contributed by atoms with Gasteiger partial charge in [-0.3, -0.25) is 0 Å². The van der Waals surface area contributed by atoms with Gasteiger partial charge in [-0.2, -0.15) is 0 Å². The summed E-state index contributed by atoms with van der Waals surface area (Å²) in [5.41, 5.74) is 5.07. The molecule has 1 fully saturated rings. The fraction of sp³-hybridized carbons (Fsp3) is 0.800. The molecule has 0 aliphatic carbocycles. The maximum Gasteiger partial charge on any atom is 0.317 e. The lowest BCUT2D eigenvalue weighted by atomic mass is 10.5. The molecule has 5 heteroatoms.